The normalized spacial score (nSPS) is 20.2. The molecular weight excluding hydrogens is 224 g/mol. The molecule has 1 fully saturated rings. The Balaban J connectivity index is 2.47. The number of hydrogen-bond donors (Lipinski definition) is 2. The van der Waals surface area contributed by atoms with Gasteiger partial charge in [-0.1, -0.05) is 12.8 Å². The Morgan fingerprint density at radius 2 is 2.12 bits per heavy atom. The first kappa shape index (κ1) is 13.5. The van der Waals surface area contributed by atoms with Crippen LogP contribution in [0.4, 0.5) is 0 Å². The lowest BCUT2D eigenvalue weighted by molar-refractivity contribution is 0.399. The predicted molar refractivity (Wildman–Crippen MR) is 65.4 cm³/mol. The molecule has 5 heteroatoms. The van der Waals surface area contributed by atoms with E-state index in [2.05, 4.69) is 16.0 Å². The quantitative estimate of drug-likeness (QED) is 0.685. The highest BCUT2D eigenvalue weighted by Crippen LogP contribution is 2.13. The van der Waals surface area contributed by atoms with E-state index in [1.165, 1.54) is 0 Å². The molecular formula is C11H20N2O2S. The van der Waals surface area contributed by atoms with Crippen molar-refractivity contribution in [1.82, 2.24) is 10.0 Å². The second-order valence-corrected chi connectivity index (χ2v) is 6.02. The second kappa shape index (κ2) is 6.24. The highest BCUT2D eigenvalue weighted by Gasteiger charge is 2.22. The minimum atomic E-state index is -3.22. The summed E-state index contributed by atoms with van der Waals surface area (Å²) in [7, 11) is -3.22. The monoisotopic (exact) mass is 244 g/mol. The van der Waals surface area contributed by atoms with Crippen molar-refractivity contribution in [3.8, 4) is 12.3 Å². The molecule has 1 heterocycles. The van der Waals surface area contributed by atoms with Gasteiger partial charge in [-0.05, 0) is 38.3 Å². The third-order valence-corrected chi connectivity index (χ3v) is 4.40. The van der Waals surface area contributed by atoms with Crippen LogP contribution in [0.3, 0.4) is 0 Å². The van der Waals surface area contributed by atoms with Gasteiger partial charge in [-0.2, -0.15) is 0 Å². The Morgan fingerprint density at radius 3 is 2.62 bits per heavy atom. The lowest BCUT2D eigenvalue weighted by atomic mass is 10.0. The smallest absolute Gasteiger partial charge is 0.212 e. The van der Waals surface area contributed by atoms with E-state index in [9.17, 15) is 8.42 Å². The topological polar surface area (TPSA) is 58.2 Å². The number of piperidine rings is 1. The van der Waals surface area contributed by atoms with Crippen LogP contribution in [0.2, 0.25) is 0 Å². The molecule has 1 saturated heterocycles. The van der Waals surface area contributed by atoms with Crippen LogP contribution >= 0.6 is 0 Å². The Kier molecular flexibility index (Phi) is 5.26. The van der Waals surface area contributed by atoms with Gasteiger partial charge in [-0.15, -0.1) is 6.42 Å². The summed E-state index contributed by atoms with van der Waals surface area (Å²) in [5.41, 5.74) is 0. The third-order valence-electron chi connectivity index (χ3n) is 2.85. The standard InChI is InChI=1S/C11H20N2O2S/c1-3-11(4-2)13-16(14,15)9-10-5-7-12-8-6-10/h1,10-13H,4-9H2,2H3. The average Bonchev–Trinajstić information content (AvgIpc) is 2.26. The molecule has 4 nitrogen and oxygen atoms in total. The number of rotatable bonds is 5. The van der Waals surface area contributed by atoms with Gasteiger partial charge in [0.2, 0.25) is 10.0 Å². The van der Waals surface area contributed by atoms with Gasteiger partial charge in [-0.3, -0.25) is 0 Å². The van der Waals surface area contributed by atoms with Crippen LogP contribution in [-0.4, -0.2) is 33.3 Å². The average molecular weight is 244 g/mol. The van der Waals surface area contributed by atoms with Gasteiger partial charge in [0.1, 0.15) is 0 Å². The summed E-state index contributed by atoms with van der Waals surface area (Å²) < 4.78 is 26.2. The highest BCUT2D eigenvalue weighted by atomic mass is 32.2. The summed E-state index contributed by atoms with van der Waals surface area (Å²) in [6, 6.07) is -0.369. The van der Waals surface area contributed by atoms with Crippen LogP contribution in [-0.2, 0) is 10.0 Å². The van der Waals surface area contributed by atoms with Crippen molar-refractivity contribution in [2.24, 2.45) is 5.92 Å². The van der Waals surface area contributed by atoms with E-state index in [0.29, 0.717) is 6.42 Å². The molecule has 0 radical (unpaired) electrons. The number of nitrogens with one attached hydrogen (secondary N) is 2. The first-order chi connectivity index (χ1) is 7.57. The maximum Gasteiger partial charge on any atom is 0.212 e. The van der Waals surface area contributed by atoms with Crippen LogP contribution in [0, 0.1) is 18.3 Å². The van der Waals surface area contributed by atoms with Crippen LogP contribution < -0.4 is 10.0 Å². The van der Waals surface area contributed by atoms with Crippen molar-refractivity contribution < 1.29 is 8.42 Å². The lowest BCUT2D eigenvalue weighted by Gasteiger charge is -2.23. The fourth-order valence-electron chi connectivity index (χ4n) is 1.86. The van der Waals surface area contributed by atoms with Crippen molar-refractivity contribution in [3.63, 3.8) is 0 Å². The van der Waals surface area contributed by atoms with Crippen molar-refractivity contribution in [2.75, 3.05) is 18.8 Å². The van der Waals surface area contributed by atoms with E-state index in [-0.39, 0.29) is 17.7 Å². The van der Waals surface area contributed by atoms with E-state index in [4.69, 9.17) is 6.42 Å². The molecule has 0 aromatic rings. The zero-order chi connectivity index (χ0) is 12.0. The molecule has 0 aromatic carbocycles. The Bertz CT molecular complexity index is 339. The minimum Gasteiger partial charge on any atom is -0.317 e. The fourth-order valence-corrected chi connectivity index (χ4v) is 3.58. The lowest BCUT2D eigenvalue weighted by Crippen LogP contribution is -2.39. The van der Waals surface area contributed by atoms with Gasteiger partial charge in [0.15, 0.2) is 0 Å². The number of terminal acetylenes is 1. The molecule has 0 bridgehead atoms. The van der Waals surface area contributed by atoms with E-state index in [1.54, 1.807) is 0 Å². The first-order valence-electron chi connectivity index (χ1n) is 5.74. The summed E-state index contributed by atoms with van der Waals surface area (Å²) in [5, 5.41) is 3.22. The maximum absolute atomic E-state index is 11.8. The molecule has 1 aliphatic rings. The fraction of sp³-hybridized carbons (Fsp3) is 0.818. The number of hydrogen-bond acceptors (Lipinski definition) is 3. The molecule has 0 amide bonds. The van der Waals surface area contributed by atoms with E-state index in [0.717, 1.165) is 25.9 Å². The van der Waals surface area contributed by atoms with E-state index >= 15 is 0 Å². The summed E-state index contributed by atoms with van der Waals surface area (Å²) in [6.45, 7) is 3.69. The Morgan fingerprint density at radius 1 is 1.50 bits per heavy atom. The zero-order valence-electron chi connectivity index (χ0n) is 9.70. The number of sulfonamides is 1. The van der Waals surface area contributed by atoms with E-state index in [1.807, 2.05) is 6.92 Å². The van der Waals surface area contributed by atoms with Crippen molar-refractivity contribution >= 4 is 10.0 Å². The predicted octanol–water partition coefficient (Wildman–Crippen LogP) is 0.317. The van der Waals surface area contributed by atoms with Crippen molar-refractivity contribution in [2.45, 2.75) is 32.2 Å². The van der Waals surface area contributed by atoms with Crippen molar-refractivity contribution in [3.05, 3.63) is 0 Å². The maximum atomic E-state index is 11.8. The molecule has 2 N–H and O–H groups in total. The van der Waals surface area contributed by atoms with Gasteiger partial charge in [0, 0.05) is 0 Å². The highest BCUT2D eigenvalue weighted by molar-refractivity contribution is 7.89. The molecule has 0 saturated carbocycles. The van der Waals surface area contributed by atoms with Crippen molar-refractivity contribution in [1.29, 1.82) is 0 Å². The first-order valence-corrected chi connectivity index (χ1v) is 7.39. The van der Waals surface area contributed by atoms with Gasteiger partial charge in [-0.25, -0.2) is 13.1 Å². The largest absolute Gasteiger partial charge is 0.317 e. The Hall–Kier alpha value is -0.570. The molecule has 0 aromatic heterocycles. The van der Waals surface area contributed by atoms with Gasteiger partial charge in [0.05, 0.1) is 11.8 Å². The van der Waals surface area contributed by atoms with Crippen LogP contribution in [0.5, 0.6) is 0 Å². The summed E-state index contributed by atoms with van der Waals surface area (Å²) in [6.07, 6.45) is 7.71. The summed E-state index contributed by atoms with van der Waals surface area (Å²) in [5.74, 6) is 2.90. The molecule has 0 aliphatic carbocycles. The molecule has 16 heavy (non-hydrogen) atoms. The SMILES string of the molecule is C#CC(CC)NS(=O)(=O)CC1CCNCC1. The molecule has 1 rings (SSSR count). The van der Waals surface area contributed by atoms with Crippen LogP contribution in [0.1, 0.15) is 26.2 Å². The molecule has 1 atom stereocenters. The molecule has 0 spiro atoms. The van der Waals surface area contributed by atoms with Crippen LogP contribution in [0.25, 0.3) is 0 Å². The van der Waals surface area contributed by atoms with Crippen LogP contribution in [0.15, 0.2) is 0 Å². The second-order valence-electron chi connectivity index (χ2n) is 4.22. The minimum absolute atomic E-state index is 0.201. The molecule has 92 valence electrons. The molecule has 1 unspecified atom stereocenters. The third kappa shape index (κ3) is 4.52. The Labute approximate surface area is 98.2 Å². The summed E-state index contributed by atoms with van der Waals surface area (Å²) in [4.78, 5) is 0. The van der Waals surface area contributed by atoms with Gasteiger partial charge < -0.3 is 5.32 Å². The summed E-state index contributed by atoms with van der Waals surface area (Å²) >= 11 is 0. The van der Waals surface area contributed by atoms with Gasteiger partial charge in [0.25, 0.3) is 0 Å². The van der Waals surface area contributed by atoms with Gasteiger partial charge >= 0.3 is 0 Å². The zero-order valence-corrected chi connectivity index (χ0v) is 10.5. The molecule has 1 aliphatic heterocycles. The van der Waals surface area contributed by atoms with E-state index < -0.39 is 10.0 Å².